The lowest BCUT2D eigenvalue weighted by Crippen LogP contribution is -2.20. The molecule has 0 aliphatic rings. The van der Waals surface area contributed by atoms with Crippen LogP contribution in [0.2, 0.25) is 0 Å². The maximum Gasteiger partial charge on any atom is 0.349 e. The van der Waals surface area contributed by atoms with Crippen LogP contribution in [0.4, 0.5) is 0 Å². The van der Waals surface area contributed by atoms with Gasteiger partial charge in [-0.2, -0.15) is 8.42 Å². The third-order valence-corrected chi connectivity index (χ3v) is 12.3. The lowest BCUT2D eigenvalue weighted by Gasteiger charge is -2.15. The molecule has 31 heavy (non-hydrogen) atoms. The van der Waals surface area contributed by atoms with Crippen LogP contribution in [-0.2, 0) is 19.6 Å². The topological polar surface area (TPSA) is 107 Å². The largest absolute Gasteiger partial charge is 0.450 e. The number of rotatable bonds is 6. The fourth-order valence-electron chi connectivity index (χ4n) is 2.54. The molecule has 168 valence electrons. The summed E-state index contributed by atoms with van der Waals surface area (Å²) in [6.45, 7) is 4.44. The normalized spacial score (nSPS) is 11.5. The molecule has 0 aliphatic carbocycles. The van der Waals surface area contributed by atoms with Gasteiger partial charge in [0.15, 0.2) is 6.61 Å². The molecule has 0 bridgehead atoms. The second-order valence-electron chi connectivity index (χ2n) is 6.68. The van der Waals surface area contributed by atoms with E-state index in [1.165, 1.54) is 12.1 Å². The highest BCUT2D eigenvalue weighted by molar-refractivity contribution is 14.1. The van der Waals surface area contributed by atoms with Crippen molar-refractivity contribution in [3.05, 3.63) is 49.2 Å². The summed E-state index contributed by atoms with van der Waals surface area (Å²) in [6.07, 6.45) is 0. The van der Waals surface area contributed by atoms with Gasteiger partial charge in [-0.1, -0.05) is 13.8 Å². The summed E-state index contributed by atoms with van der Waals surface area (Å²) in [5.41, 5.74) is 1.01. The number of halogens is 4. The van der Waals surface area contributed by atoms with Gasteiger partial charge in [0, 0.05) is 14.3 Å². The molecule has 0 radical (unpaired) electrons. The van der Waals surface area contributed by atoms with Crippen LogP contribution in [0.25, 0.3) is 0 Å². The number of hydrogen-bond donors (Lipinski definition) is 1. The lowest BCUT2D eigenvalue weighted by molar-refractivity contribution is -0.137. The molecule has 0 amide bonds. The first kappa shape index (κ1) is 27.5. The number of carbonyl (C=O) groups is 2. The Morgan fingerprint density at radius 1 is 1.03 bits per heavy atom. The molecule has 0 atom stereocenters. The Kier molecular flexibility index (Phi) is 9.82. The van der Waals surface area contributed by atoms with Crippen LogP contribution >= 0.6 is 90.4 Å². The molecule has 0 saturated carbocycles. The molecule has 0 aliphatic heterocycles. The number of aryl methyl sites for hydroxylation is 1. The number of carbonyl (C=O) groups excluding carboxylic acids is 2. The van der Waals surface area contributed by atoms with Gasteiger partial charge in [0.05, 0.1) is 10.5 Å². The van der Waals surface area contributed by atoms with Crippen molar-refractivity contribution >= 4 is 112 Å². The van der Waals surface area contributed by atoms with Crippen molar-refractivity contribution in [2.45, 2.75) is 31.6 Å². The third kappa shape index (κ3) is 6.86. The Hall–Kier alpha value is 0.210. The highest BCUT2D eigenvalue weighted by Crippen LogP contribution is 2.32. The number of hydrogen-bond acceptors (Lipinski definition) is 6. The maximum atomic E-state index is 12.5. The average molecular weight is 896 g/mol. The molecular formula is C19H16I4O7S. The van der Waals surface area contributed by atoms with E-state index in [2.05, 4.69) is 90.4 Å². The predicted octanol–water partition coefficient (Wildman–Crippen LogP) is 5.55. The van der Waals surface area contributed by atoms with E-state index >= 15 is 0 Å². The summed E-state index contributed by atoms with van der Waals surface area (Å²) in [7, 11) is -4.42. The van der Waals surface area contributed by atoms with Crippen molar-refractivity contribution in [1.29, 1.82) is 0 Å². The molecule has 0 unspecified atom stereocenters. The van der Waals surface area contributed by atoms with Gasteiger partial charge < -0.3 is 9.47 Å². The van der Waals surface area contributed by atoms with Crippen LogP contribution in [0.1, 0.15) is 41.3 Å². The summed E-state index contributed by atoms with van der Waals surface area (Å²) in [5, 5.41) is 0. The first-order valence-electron chi connectivity index (χ1n) is 8.56. The van der Waals surface area contributed by atoms with Gasteiger partial charge in [-0.25, -0.2) is 9.59 Å². The molecule has 2 aromatic rings. The third-order valence-electron chi connectivity index (χ3n) is 4.07. The van der Waals surface area contributed by atoms with Gasteiger partial charge >= 0.3 is 11.9 Å². The average Bonchev–Trinajstić information content (AvgIpc) is 2.67. The number of ether oxygens (including phenoxy) is 2. The van der Waals surface area contributed by atoms with Gasteiger partial charge in [0.2, 0.25) is 0 Å². The molecular weight excluding hydrogens is 880 g/mol. The van der Waals surface area contributed by atoms with Gasteiger partial charge in [0.25, 0.3) is 10.1 Å². The quantitative estimate of drug-likeness (QED) is 0.101. The molecule has 0 aromatic heterocycles. The Labute approximate surface area is 234 Å². The van der Waals surface area contributed by atoms with Crippen LogP contribution in [0.3, 0.4) is 0 Å². The van der Waals surface area contributed by atoms with Gasteiger partial charge in [-0.3, -0.25) is 4.55 Å². The summed E-state index contributed by atoms with van der Waals surface area (Å²) in [6, 6.07) is 4.35. The fourth-order valence-corrected chi connectivity index (χ4v) is 6.72. The molecule has 2 aromatic carbocycles. The molecule has 0 spiro atoms. The summed E-state index contributed by atoms with van der Waals surface area (Å²) < 4.78 is 46.7. The summed E-state index contributed by atoms with van der Waals surface area (Å²) in [5.74, 6) is -1.57. The molecule has 0 saturated heterocycles. The van der Waals surface area contributed by atoms with E-state index in [9.17, 15) is 22.6 Å². The minimum atomic E-state index is -4.42. The first-order valence-corrected chi connectivity index (χ1v) is 14.3. The first-order chi connectivity index (χ1) is 14.2. The van der Waals surface area contributed by atoms with E-state index in [0.29, 0.717) is 16.7 Å². The number of benzene rings is 2. The van der Waals surface area contributed by atoms with Crippen LogP contribution in [0.15, 0.2) is 23.1 Å². The Bertz CT molecular complexity index is 1160. The minimum absolute atomic E-state index is 0.130. The van der Waals surface area contributed by atoms with E-state index in [1.807, 2.05) is 0 Å². The second-order valence-corrected chi connectivity index (χ2v) is 12.5. The van der Waals surface area contributed by atoms with Crippen molar-refractivity contribution in [3.63, 3.8) is 0 Å². The smallest absolute Gasteiger partial charge is 0.349 e. The molecule has 12 heteroatoms. The minimum Gasteiger partial charge on any atom is -0.450 e. The maximum absolute atomic E-state index is 12.5. The Morgan fingerprint density at radius 3 is 2.19 bits per heavy atom. The van der Waals surface area contributed by atoms with E-state index in [4.69, 9.17) is 9.47 Å². The van der Waals surface area contributed by atoms with Crippen molar-refractivity contribution < 1.29 is 32.0 Å². The monoisotopic (exact) mass is 896 g/mol. The highest BCUT2D eigenvalue weighted by atomic mass is 127. The van der Waals surface area contributed by atoms with Crippen molar-refractivity contribution in [1.82, 2.24) is 0 Å². The summed E-state index contributed by atoms with van der Waals surface area (Å²) in [4.78, 5) is 24.5. The highest BCUT2D eigenvalue weighted by Gasteiger charge is 2.23. The van der Waals surface area contributed by atoms with Crippen molar-refractivity contribution in [2.75, 3.05) is 6.61 Å². The zero-order chi connectivity index (χ0) is 23.7. The zero-order valence-electron chi connectivity index (χ0n) is 16.3. The Balaban J connectivity index is 2.19. The molecule has 7 nitrogen and oxygen atoms in total. The predicted molar refractivity (Wildman–Crippen MR) is 148 cm³/mol. The van der Waals surface area contributed by atoms with Crippen LogP contribution in [0, 0.1) is 21.2 Å². The number of esters is 2. The molecule has 0 fully saturated rings. The van der Waals surface area contributed by atoms with E-state index in [0.717, 1.165) is 14.3 Å². The molecule has 1 N–H and O–H groups in total. The zero-order valence-corrected chi connectivity index (χ0v) is 25.8. The second kappa shape index (κ2) is 11.1. The van der Waals surface area contributed by atoms with Gasteiger partial charge in [-0.15, -0.1) is 0 Å². The fraction of sp³-hybridized carbons (Fsp3) is 0.263. The van der Waals surface area contributed by atoms with Gasteiger partial charge in [0.1, 0.15) is 5.75 Å². The van der Waals surface area contributed by atoms with E-state index in [-0.39, 0.29) is 16.6 Å². The Morgan fingerprint density at radius 2 is 1.65 bits per heavy atom. The SMILES string of the molecule is Cc1cc(S(=O)(=O)O)c(C(C)C)cc1OC(=O)COC(=O)c1cc(I)c(I)c(I)c1I. The van der Waals surface area contributed by atoms with Crippen molar-refractivity contribution in [2.24, 2.45) is 0 Å². The van der Waals surface area contributed by atoms with Crippen LogP contribution in [-0.4, -0.2) is 31.5 Å². The standard InChI is InChI=1S/C19H16I4O7S/c1-8(2)10-6-13(9(3)4-14(10)31(26,27)28)30-15(24)7-29-19(25)11-5-12(20)17(22)18(23)16(11)21/h4-6,8H,7H2,1-3H3,(H,26,27,28). The van der Waals surface area contributed by atoms with Gasteiger partial charge in [-0.05, 0) is 133 Å². The molecule has 2 rings (SSSR count). The van der Waals surface area contributed by atoms with E-state index in [1.54, 1.807) is 26.8 Å². The lowest BCUT2D eigenvalue weighted by atomic mass is 10.0. The van der Waals surface area contributed by atoms with Crippen LogP contribution < -0.4 is 4.74 Å². The molecule has 0 heterocycles. The summed E-state index contributed by atoms with van der Waals surface area (Å²) >= 11 is 8.53. The van der Waals surface area contributed by atoms with E-state index < -0.39 is 28.7 Å². The van der Waals surface area contributed by atoms with Crippen LogP contribution in [0.5, 0.6) is 5.75 Å². The van der Waals surface area contributed by atoms with Crippen molar-refractivity contribution in [3.8, 4) is 5.75 Å².